The van der Waals surface area contributed by atoms with E-state index in [4.69, 9.17) is 4.74 Å². The minimum atomic E-state index is -0.0662. The summed E-state index contributed by atoms with van der Waals surface area (Å²) in [5, 5.41) is 10.0. The highest BCUT2D eigenvalue weighted by Crippen LogP contribution is 2.16. The number of rotatable bonds is 6. The Morgan fingerprint density at radius 1 is 1.37 bits per heavy atom. The van der Waals surface area contributed by atoms with Crippen LogP contribution in [0.2, 0.25) is 0 Å². The van der Waals surface area contributed by atoms with E-state index in [1.54, 1.807) is 24.5 Å². The summed E-state index contributed by atoms with van der Waals surface area (Å²) < 4.78 is 5.10. The van der Waals surface area contributed by atoms with Crippen LogP contribution in [0.3, 0.4) is 0 Å². The summed E-state index contributed by atoms with van der Waals surface area (Å²) in [6.45, 7) is 0.988. The lowest BCUT2D eigenvalue weighted by Crippen LogP contribution is -2.27. The number of carbonyl (C=O) groups is 1. The molecule has 4 nitrogen and oxygen atoms in total. The molecular weight excluding hydrogens is 260 g/mol. The Morgan fingerprint density at radius 3 is 3.00 bits per heavy atom. The summed E-state index contributed by atoms with van der Waals surface area (Å²) >= 11 is 1.65. The molecule has 19 heavy (non-hydrogen) atoms. The van der Waals surface area contributed by atoms with E-state index >= 15 is 0 Å². The fourth-order valence-corrected chi connectivity index (χ4v) is 2.29. The van der Waals surface area contributed by atoms with Gasteiger partial charge in [-0.3, -0.25) is 4.79 Å². The smallest absolute Gasteiger partial charge is 0.238 e. The van der Waals surface area contributed by atoms with Crippen LogP contribution in [-0.2, 0) is 11.3 Å². The summed E-state index contributed by atoms with van der Waals surface area (Å²) in [5.41, 5.74) is 1.93. The average molecular weight is 276 g/mol. The number of anilines is 1. The zero-order valence-electron chi connectivity index (χ0n) is 10.7. The fraction of sp³-hybridized carbons (Fsp3) is 0.214. The molecule has 0 saturated carbocycles. The molecule has 0 spiro atoms. The first-order valence-corrected chi connectivity index (χ1v) is 6.88. The molecule has 0 aliphatic rings. The number of methoxy groups -OCH3 is 1. The van der Waals surface area contributed by atoms with E-state index < -0.39 is 0 Å². The Kier molecular flexibility index (Phi) is 4.94. The van der Waals surface area contributed by atoms with Crippen LogP contribution >= 0.6 is 11.3 Å². The predicted molar refractivity (Wildman–Crippen MR) is 77.6 cm³/mol. The van der Waals surface area contributed by atoms with Gasteiger partial charge in [-0.2, -0.15) is 11.3 Å². The molecule has 2 rings (SSSR count). The minimum absolute atomic E-state index is 0.0662. The van der Waals surface area contributed by atoms with Crippen LogP contribution in [0.1, 0.15) is 5.56 Å². The summed E-state index contributed by atoms with van der Waals surface area (Å²) in [7, 11) is 1.60. The van der Waals surface area contributed by atoms with E-state index in [1.165, 1.54) is 5.56 Å². The molecule has 0 aliphatic carbocycles. The molecule has 0 radical (unpaired) electrons. The first-order chi connectivity index (χ1) is 9.28. The Labute approximate surface area is 116 Å². The highest BCUT2D eigenvalue weighted by Gasteiger charge is 2.03. The van der Waals surface area contributed by atoms with Gasteiger partial charge in [-0.1, -0.05) is 6.07 Å². The third kappa shape index (κ3) is 4.39. The normalized spacial score (nSPS) is 10.2. The van der Waals surface area contributed by atoms with Gasteiger partial charge in [-0.05, 0) is 34.5 Å². The van der Waals surface area contributed by atoms with E-state index in [-0.39, 0.29) is 12.5 Å². The van der Waals surface area contributed by atoms with Crippen molar-refractivity contribution in [2.45, 2.75) is 6.54 Å². The number of benzene rings is 1. The zero-order chi connectivity index (χ0) is 13.5. The van der Waals surface area contributed by atoms with Crippen LogP contribution in [-0.4, -0.2) is 19.6 Å². The molecular formula is C14H16N2O2S. The number of thiophene rings is 1. The number of amides is 1. The first kappa shape index (κ1) is 13.6. The molecule has 0 unspecified atom stereocenters. The topological polar surface area (TPSA) is 50.4 Å². The molecule has 1 aromatic carbocycles. The summed E-state index contributed by atoms with van der Waals surface area (Å²) in [6, 6.07) is 9.34. The van der Waals surface area contributed by atoms with E-state index in [0.29, 0.717) is 6.54 Å². The van der Waals surface area contributed by atoms with Crippen LogP contribution in [0.5, 0.6) is 5.75 Å². The van der Waals surface area contributed by atoms with Gasteiger partial charge >= 0.3 is 0 Å². The molecule has 0 aliphatic heterocycles. The van der Waals surface area contributed by atoms with Gasteiger partial charge in [0.25, 0.3) is 0 Å². The van der Waals surface area contributed by atoms with Crippen molar-refractivity contribution in [2.24, 2.45) is 0 Å². The lowest BCUT2D eigenvalue weighted by Gasteiger charge is -2.07. The molecule has 100 valence electrons. The third-order valence-corrected chi connectivity index (χ3v) is 3.28. The average Bonchev–Trinajstić information content (AvgIpc) is 2.92. The monoisotopic (exact) mass is 276 g/mol. The van der Waals surface area contributed by atoms with E-state index in [0.717, 1.165) is 11.4 Å². The van der Waals surface area contributed by atoms with Gasteiger partial charge in [-0.15, -0.1) is 0 Å². The lowest BCUT2D eigenvalue weighted by atomic mass is 10.3. The maximum absolute atomic E-state index is 11.7. The molecule has 1 amide bonds. The fourth-order valence-electron chi connectivity index (χ4n) is 1.62. The van der Waals surface area contributed by atoms with Gasteiger partial charge in [0.1, 0.15) is 5.75 Å². The quantitative estimate of drug-likeness (QED) is 0.852. The first-order valence-electron chi connectivity index (χ1n) is 5.93. The van der Waals surface area contributed by atoms with Crippen LogP contribution in [0.4, 0.5) is 5.69 Å². The highest BCUT2D eigenvalue weighted by atomic mass is 32.1. The van der Waals surface area contributed by atoms with E-state index in [9.17, 15) is 4.79 Å². The Balaban J connectivity index is 1.77. The maximum atomic E-state index is 11.7. The number of hydrogen-bond donors (Lipinski definition) is 2. The second-order valence-corrected chi connectivity index (χ2v) is 4.80. The van der Waals surface area contributed by atoms with Crippen molar-refractivity contribution >= 4 is 22.9 Å². The van der Waals surface area contributed by atoms with Gasteiger partial charge in [-0.25, -0.2) is 0 Å². The van der Waals surface area contributed by atoms with Crippen LogP contribution in [0, 0.1) is 0 Å². The predicted octanol–water partition coefficient (Wildman–Crippen LogP) is 2.49. The van der Waals surface area contributed by atoms with Gasteiger partial charge in [0.15, 0.2) is 0 Å². The van der Waals surface area contributed by atoms with Crippen LogP contribution in [0.15, 0.2) is 41.1 Å². The molecule has 0 saturated heterocycles. The Morgan fingerprint density at radius 2 is 2.26 bits per heavy atom. The summed E-state index contributed by atoms with van der Waals surface area (Å²) in [6.07, 6.45) is 0. The van der Waals surface area contributed by atoms with E-state index in [2.05, 4.69) is 16.0 Å². The van der Waals surface area contributed by atoms with Crippen molar-refractivity contribution in [1.82, 2.24) is 5.32 Å². The van der Waals surface area contributed by atoms with Crippen LogP contribution in [0.25, 0.3) is 0 Å². The molecule has 0 atom stereocenters. The van der Waals surface area contributed by atoms with E-state index in [1.807, 2.05) is 29.6 Å². The molecule has 0 bridgehead atoms. The number of nitrogens with one attached hydrogen (secondary N) is 2. The van der Waals surface area contributed by atoms with Crippen molar-refractivity contribution in [3.05, 3.63) is 46.7 Å². The standard InChI is InChI=1S/C14H16N2O2S/c1-18-13-4-2-3-12(7-13)16-14(17)9-15-8-11-5-6-19-10-11/h2-7,10,15H,8-9H2,1H3,(H,16,17). The third-order valence-electron chi connectivity index (χ3n) is 2.55. The van der Waals surface area contributed by atoms with Gasteiger partial charge in [0.05, 0.1) is 13.7 Å². The van der Waals surface area contributed by atoms with Gasteiger partial charge in [0.2, 0.25) is 5.91 Å². The van der Waals surface area contributed by atoms with Gasteiger partial charge < -0.3 is 15.4 Å². The summed E-state index contributed by atoms with van der Waals surface area (Å²) in [4.78, 5) is 11.7. The lowest BCUT2D eigenvalue weighted by molar-refractivity contribution is -0.115. The molecule has 1 heterocycles. The Bertz CT molecular complexity index is 526. The minimum Gasteiger partial charge on any atom is -0.497 e. The summed E-state index contributed by atoms with van der Waals surface area (Å²) in [5.74, 6) is 0.660. The van der Waals surface area contributed by atoms with Crippen molar-refractivity contribution in [1.29, 1.82) is 0 Å². The zero-order valence-corrected chi connectivity index (χ0v) is 11.5. The Hall–Kier alpha value is -1.85. The number of ether oxygens (including phenoxy) is 1. The van der Waals surface area contributed by atoms with Crippen molar-refractivity contribution in [2.75, 3.05) is 19.0 Å². The second-order valence-electron chi connectivity index (χ2n) is 4.02. The molecule has 0 fully saturated rings. The molecule has 5 heteroatoms. The molecule has 1 aromatic heterocycles. The number of carbonyl (C=O) groups excluding carboxylic acids is 1. The SMILES string of the molecule is COc1cccc(NC(=O)CNCc2ccsc2)c1. The maximum Gasteiger partial charge on any atom is 0.238 e. The number of hydrogen-bond acceptors (Lipinski definition) is 4. The van der Waals surface area contributed by atoms with Crippen molar-refractivity contribution < 1.29 is 9.53 Å². The van der Waals surface area contributed by atoms with Crippen molar-refractivity contribution in [3.8, 4) is 5.75 Å². The second kappa shape index (κ2) is 6.92. The molecule has 2 N–H and O–H groups in total. The van der Waals surface area contributed by atoms with Crippen LogP contribution < -0.4 is 15.4 Å². The van der Waals surface area contributed by atoms with Crippen molar-refractivity contribution in [3.63, 3.8) is 0 Å². The molecule has 2 aromatic rings. The highest BCUT2D eigenvalue weighted by molar-refractivity contribution is 7.07. The van der Waals surface area contributed by atoms with Gasteiger partial charge in [0, 0.05) is 18.3 Å². The largest absolute Gasteiger partial charge is 0.497 e.